The predicted molar refractivity (Wildman–Crippen MR) is 105 cm³/mol. The molecule has 0 atom stereocenters. The van der Waals surface area contributed by atoms with E-state index >= 15 is 0 Å². The lowest BCUT2D eigenvalue weighted by atomic mass is 9.90. The van der Waals surface area contributed by atoms with Crippen molar-refractivity contribution < 1.29 is 13.2 Å². The Labute approximate surface area is 154 Å². The van der Waals surface area contributed by atoms with E-state index in [4.69, 9.17) is 9.73 Å². The topological polar surface area (TPSA) is 71.0 Å². The minimum Gasteiger partial charge on any atom is -0.381 e. The summed E-state index contributed by atoms with van der Waals surface area (Å²) >= 11 is 0. The third-order valence-corrected chi connectivity index (χ3v) is 5.66. The van der Waals surface area contributed by atoms with E-state index in [0.717, 1.165) is 57.4 Å². The number of guanidine groups is 1. The van der Waals surface area contributed by atoms with E-state index in [2.05, 4.69) is 38.0 Å². The fourth-order valence-corrected chi connectivity index (χ4v) is 3.74. The van der Waals surface area contributed by atoms with Crippen molar-refractivity contribution in [3.05, 3.63) is 0 Å². The van der Waals surface area contributed by atoms with Crippen molar-refractivity contribution in [2.75, 3.05) is 51.9 Å². The van der Waals surface area contributed by atoms with Gasteiger partial charge in [0.25, 0.3) is 0 Å². The molecule has 1 aliphatic rings. The van der Waals surface area contributed by atoms with Crippen molar-refractivity contribution in [3.63, 3.8) is 0 Å². The lowest BCUT2D eigenvalue weighted by Crippen LogP contribution is -2.40. The van der Waals surface area contributed by atoms with Crippen molar-refractivity contribution in [1.82, 2.24) is 10.2 Å². The zero-order valence-electron chi connectivity index (χ0n) is 16.7. The number of nitrogens with one attached hydrogen (secondary N) is 1. The van der Waals surface area contributed by atoms with Crippen molar-refractivity contribution >= 4 is 15.8 Å². The molecule has 0 saturated carbocycles. The van der Waals surface area contributed by atoms with Crippen LogP contribution in [0.4, 0.5) is 0 Å². The van der Waals surface area contributed by atoms with Gasteiger partial charge in [0.2, 0.25) is 0 Å². The summed E-state index contributed by atoms with van der Waals surface area (Å²) in [5, 5.41) is 3.35. The molecule has 0 radical (unpaired) electrons. The van der Waals surface area contributed by atoms with Gasteiger partial charge in [-0.3, -0.25) is 4.99 Å². The Hall–Kier alpha value is -0.820. The number of sulfone groups is 1. The first kappa shape index (κ1) is 22.2. The highest BCUT2D eigenvalue weighted by atomic mass is 32.2. The van der Waals surface area contributed by atoms with Gasteiger partial charge in [-0.15, -0.1) is 0 Å². The lowest BCUT2D eigenvalue weighted by molar-refractivity contribution is 0.0625. The van der Waals surface area contributed by atoms with Gasteiger partial charge >= 0.3 is 0 Å². The molecule has 25 heavy (non-hydrogen) atoms. The molecular formula is C18H37N3O3S. The second kappa shape index (κ2) is 10.4. The summed E-state index contributed by atoms with van der Waals surface area (Å²) in [5.41, 5.74) is -0.134. The van der Waals surface area contributed by atoms with Crippen LogP contribution >= 0.6 is 0 Å². The van der Waals surface area contributed by atoms with E-state index in [1.54, 1.807) is 0 Å². The van der Waals surface area contributed by atoms with Gasteiger partial charge in [0.15, 0.2) is 5.96 Å². The van der Waals surface area contributed by atoms with E-state index in [-0.39, 0.29) is 11.2 Å². The lowest BCUT2D eigenvalue weighted by Gasteiger charge is -2.28. The van der Waals surface area contributed by atoms with Crippen LogP contribution in [0, 0.1) is 11.3 Å². The van der Waals surface area contributed by atoms with Crippen LogP contribution in [0.25, 0.3) is 0 Å². The number of rotatable bonds is 9. The monoisotopic (exact) mass is 375 g/mol. The first-order valence-electron chi connectivity index (χ1n) is 9.38. The van der Waals surface area contributed by atoms with Crippen LogP contribution in [0.3, 0.4) is 0 Å². The van der Waals surface area contributed by atoms with E-state index in [9.17, 15) is 8.42 Å². The molecule has 7 heteroatoms. The number of hydrogen-bond acceptors (Lipinski definition) is 4. The van der Waals surface area contributed by atoms with Crippen molar-refractivity contribution in [1.29, 1.82) is 0 Å². The predicted octanol–water partition coefficient (Wildman–Crippen LogP) is 2.16. The third-order valence-electron chi connectivity index (χ3n) is 4.72. The minimum absolute atomic E-state index is 0.134. The molecule has 6 nitrogen and oxygen atoms in total. The Morgan fingerprint density at radius 3 is 2.52 bits per heavy atom. The molecule has 0 aromatic carbocycles. The first-order chi connectivity index (χ1) is 11.6. The maximum absolute atomic E-state index is 11.4. The van der Waals surface area contributed by atoms with Crippen LogP contribution in [-0.4, -0.2) is 71.2 Å². The summed E-state index contributed by atoms with van der Waals surface area (Å²) < 4.78 is 28.2. The number of ether oxygens (including phenoxy) is 1. The highest BCUT2D eigenvalue weighted by Crippen LogP contribution is 2.22. The van der Waals surface area contributed by atoms with Gasteiger partial charge in [0, 0.05) is 46.2 Å². The Kier molecular flexibility index (Phi) is 9.21. The molecule has 1 fully saturated rings. The number of hydrogen-bond donors (Lipinski definition) is 1. The summed E-state index contributed by atoms with van der Waals surface area (Å²) in [6.45, 7) is 10.4. The maximum atomic E-state index is 11.4. The van der Waals surface area contributed by atoms with Crippen LogP contribution in [0.1, 0.15) is 46.5 Å². The fourth-order valence-electron chi connectivity index (χ4n) is 2.82. The van der Waals surface area contributed by atoms with Gasteiger partial charge < -0.3 is 15.0 Å². The summed E-state index contributed by atoms with van der Waals surface area (Å²) in [6, 6.07) is 0. The van der Waals surface area contributed by atoms with E-state index in [1.807, 2.05) is 0 Å². The van der Waals surface area contributed by atoms with Crippen molar-refractivity contribution in [2.45, 2.75) is 46.5 Å². The minimum atomic E-state index is -2.93. The molecule has 0 aliphatic carbocycles. The summed E-state index contributed by atoms with van der Waals surface area (Å²) in [7, 11) is -0.854. The van der Waals surface area contributed by atoms with Gasteiger partial charge in [-0.1, -0.05) is 13.8 Å². The van der Waals surface area contributed by atoms with Gasteiger partial charge in [-0.25, -0.2) is 8.42 Å². The normalized spacial score (nSPS) is 17.6. The van der Waals surface area contributed by atoms with Crippen LogP contribution in [0.15, 0.2) is 4.99 Å². The summed E-state index contributed by atoms with van der Waals surface area (Å²) in [4.78, 5) is 6.95. The van der Waals surface area contributed by atoms with Gasteiger partial charge in [-0.05, 0) is 43.9 Å². The molecule has 0 spiro atoms. The van der Waals surface area contributed by atoms with E-state index in [1.165, 1.54) is 6.26 Å². The summed E-state index contributed by atoms with van der Waals surface area (Å²) in [6.07, 6.45) is 5.38. The quantitative estimate of drug-likeness (QED) is 0.494. The number of aliphatic imine (C=N–C) groups is 1. The molecule has 1 heterocycles. The Morgan fingerprint density at radius 2 is 1.96 bits per heavy atom. The largest absolute Gasteiger partial charge is 0.381 e. The SMILES string of the molecule is CCNC(=NCC(C)(C)CCS(C)(=O)=O)N(C)CCC1CCOCC1. The molecule has 0 amide bonds. The molecule has 0 aromatic rings. The van der Waals surface area contributed by atoms with Crippen LogP contribution < -0.4 is 5.32 Å². The number of nitrogens with zero attached hydrogens (tertiary/aromatic N) is 2. The zero-order chi connectivity index (χ0) is 18.9. The Morgan fingerprint density at radius 1 is 1.32 bits per heavy atom. The van der Waals surface area contributed by atoms with Gasteiger partial charge in [0.1, 0.15) is 9.84 Å². The van der Waals surface area contributed by atoms with Gasteiger partial charge in [-0.2, -0.15) is 0 Å². The Bertz CT molecular complexity index is 512. The molecule has 1 N–H and O–H groups in total. The van der Waals surface area contributed by atoms with Crippen molar-refractivity contribution in [3.8, 4) is 0 Å². The zero-order valence-corrected chi connectivity index (χ0v) is 17.5. The average Bonchev–Trinajstić information content (AvgIpc) is 2.55. The second-order valence-corrected chi connectivity index (χ2v) is 10.2. The molecule has 1 aliphatic heterocycles. The Balaban J connectivity index is 2.55. The molecule has 0 bridgehead atoms. The highest BCUT2D eigenvalue weighted by Gasteiger charge is 2.21. The van der Waals surface area contributed by atoms with E-state index in [0.29, 0.717) is 13.0 Å². The molecule has 1 rings (SSSR count). The fraction of sp³-hybridized carbons (Fsp3) is 0.944. The highest BCUT2D eigenvalue weighted by molar-refractivity contribution is 7.90. The molecular weight excluding hydrogens is 338 g/mol. The molecule has 1 saturated heterocycles. The van der Waals surface area contributed by atoms with Crippen LogP contribution in [0.2, 0.25) is 0 Å². The smallest absolute Gasteiger partial charge is 0.193 e. The average molecular weight is 376 g/mol. The van der Waals surface area contributed by atoms with Crippen LogP contribution in [0.5, 0.6) is 0 Å². The first-order valence-corrected chi connectivity index (χ1v) is 11.4. The third kappa shape index (κ3) is 10.0. The van der Waals surface area contributed by atoms with E-state index < -0.39 is 9.84 Å². The summed E-state index contributed by atoms with van der Waals surface area (Å²) in [5.74, 6) is 1.86. The van der Waals surface area contributed by atoms with Crippen molar-refractivity contribution in [2.24, 2.45) is 16.3 Å². The van der Waals surface area contributed by atoms with Gasteiger partial charge in [0.05, 0.1) is 5.75 Å². The van der Waals surface area contributed by atoms with Crippen LogP contribution in [-0.2, 0) is 14.6 Å². The molecule has 0 unspecified atom stereocenters. The maximum Gasteiger partial charge on any atom is 0.193 e. The second-order valence-electron chi connectivity index (χ2n) is 7.98. The standard InChI is InChI=1S/C18H37N3O3S/c1-6-19-17(20-15-18(2,3)10-14-25(5,22)23)21(4)11-7-16-8-12-24-13-9-16/h16H,6-15H2,1-5H3,(H,19,20). The molecule has 148 valence electrons. The molecule has 0 aromatic heterocycles.